The lowest BCUT2D eigenvalue weighted by atomic mass is 10.5. The van der Waals surface area contributed by atoms with Crippen molar-refractivity contribution in [2.24, 2.45) is 0 Å². The van der Waals surface area contributed by atoms with Gasteiger partial charge in [0.05, 0.1) is 6.61 Å². The van der Waals surface area contributed by atoms with Gasteiger partial charge in [0.2, 0.25) is 12.3 Å². The Balaban J connectivity index is 2.21. The minimum absolute atomic E-state index is 0.0925. The number of hydrogen-bond donors (Lipinski definition) is 5. The molecule has 8 heteroatoms. The maximum atomic E-state index is 11.7. The van der Waals surface area contributed by atoms with Crippen LogP contribution in [0.3, 0.4) is 0 Å². The zero-order chi connectivity index (χ0) is 12.3. The first-order chi connectivity index (χ1) is 8.22. The fourth-order valence-corrected chi connectivity index (χ4v) is 1.64. The van der Waals surface area contributed by atoms with E-state index >= 15 is 0 Å². The quantitative estimate of drug-likeness (QED) is 0.296. The summed E-state index contributed by atoms with van der Waals surface area (Å²) in [6.07, 6.45) is 1.67. The molecular weight excluding hydrogens is 224 g/mol. The van der Waals surface area contributed by atoms with Crippen molar-refractivity contribution in [1.82, 2.24) is 20.3 Å². The third kappa shape index (κ3) is 2.43. The number of aliphatic hydroxyl groups is 1. The third-order valence-corrected chi connectivity index (χ3v) is 2.38. The molecule has 2 aromatic rings. The van der Waals surface area contributed by atoms with Crippen molar-refractivity contribution in [3.8, 4) is 0 Å². The first-order valence-corrected chi connectivity index (χ1v) is 5.30. The van der Waals surface area contributed by atoms with Gasteiger partial charge in [0.1, 0.15) is 6.54 Å². The fraction of sp³-hybridized carbons (Fsp3) is 0.444. The van der Waals surface area contributed by atoms with Crippen molar-refractivity contribution in [3.63, 3.8) is 0 Å². The molecule has 0 aliphatic rings. The van der Waals surface area contributed by atoms with Crippen LogP contribution in [0, 0.1) is 0 Å². The van der Waals surface area contributed by atoms with Crippen LogP contribution >= 0.6 is 0 Å². The molecule has 2 rings (SSSR count). The second-order valence-electron chi connectivity index (χ2n) is 3.59. The van der Waals surface area contributed by atoms with Gasteiger partial charge in [-0.05, 0) is 0 Å². The maximum absolute atomic E-state index is 11.7. The summed E-state index contributed by atoms with van der Waals surface area (Å²) in [7, 11) is 0. The topological polar surface area (TPSA) is 124 Å². The van der Waals surface area contributed by atoms with Crippen LogP contribution in [-0.2, 0) is 6.54 Å². The lowest BCUT2D eigenvalue weighted by Crippen LogP contribution is -2.41. The molecule has 0 atom stereocenters. The van der Waals surface area contributed by atoms with Crippen LogP contribution in [0.1, 0.15) is 0 Å². The van der Waals surface area contributed by atoms with Crippen molar-refractivity contribution < 1.29 is 9.67 Å². The zero-order valence-electron chi connectivity index (χ0n) is 9.23. The van der Waals surface area contributed by atoms with Crippen molar-refractivity contribution in [3.05, 3.63) is 16.7 Å². The second kappa shape index (κ2) is 4.93. The molecule has 0 unspecified atom stereocenters. The lowest BCUT2D eigenvalue weighted by molar-refractivity contribution is -0.669. The van der Waals surface area contributed by atoms with E-state index in [0.717, 1.165) is 0 Å². The molecule has 0 aliphatic carbocycles. The number of nitrogens with zero attached hydrogens (tertiary/aromatic N) is 2. The maximum Gasteiger partial charge on any atom is 0.304 e. The SMILES string of the molecule is Nc1nc2[nH]c[n+](CCNCCO)c2c(=O)[nH]1. The number of imidazole rings is 1. The molecule has 6 N–H and O–H groups in total. The number of nitrogens with two attached hydrogens (primary N) is 1. The predicted molar refractivity (Wildman–Crippen MR) is 61.3 cm³/mol. The number of fused-ring (bicyclic) bond motifs is 1. The number of nitrogens with one attached hydrogen (secondary N) is 3. The molecule has 0 fully saturated rings. The molecular formula is C9H15N6O2+. The molecule has 0 saturated carbocycles. The van der Waals surface area contributed by atoms with Crippen LogP contribution in [0.4, 0.5) is 5.95 Å². The molecule has 0 aliphatic heterocycles. The Kier molecular flexibility index (Phi) is 3.35. The lowest BCUT2D eigenvalue weighted by Gasteiger charge is -1.99. The monoisotopic (exact) mass is 239 g/mol. The second-order valence-corrected chi connectivity index (χ2v) is 3.59. The van der Waals surface area contributed by atoms with E-state index in [0.29, 0.717) is 30.8 Å². The Labute approximate surface area is 96.5 Å². The largest absolute Gasteiger partial charge is 0.395 e. The Hall–Kier alpha value is -1.93. The minimum Gasteiger partial charge on any atom is -0.395 e. The predicted octanol–water partition coefficient (Wildman–Crippen LogP) is -2.30. The van der Waals surface area contributed by atoms with Crippen LogP contribution in [0.15, 0.2) is 11.1 Å². The fourth-order valence-electron chi connectivity index (χ4n) is 1.64. The minimum atomic E-state index is -0.268. The third-order valence-electron chi connectivity index (χ3n) is 2.38. The molecule has 8 nitrogen and oxygen atoms in total. The standard InChI is InChI=1S/C9H14N6O2/c10-9-13-7-6(8(17)14-9)15(5-12-7)3-1-11-2-4-16/h5,11,16H,1-4H2,(H3,10,13,14,17)/p+1. The number of hydrogen-bond acceptors (Lipinski definition) is 5. The summed E-state index contributed by atoms with van der Waals surface area (Å²) < 4.78 is 1.75. The van der Waals surface area contributed by atoms with Gasteiger partial charge in [-0.1, -0.05) is 0 Å². The van der Waals surface area contributed by atoms with Gasteiger partial charge in [-0.3, -0.25) is 9.78 Å². The van der Waals surface area contributed by atoms with Crippen molar-refractivity contribution in [2.75, 3.05) is 25.4 Å². The van der Waals surface area contributed by atoms with Gasteiger partial charge < -0.3 is 16.2 Å². The van der Waals surface area contributed by atoms with Gasteiger partial charge in [0, 0.05) is 13.1 Å². The van der Waals surface area contributed by atoms with E-state index in [-0.39, 0.29) is 18.1 Å². The van der Waals surface area contributed by atoms with Gasteiger partial charge >= 0.3 is 5.56 Å². The van der Waals surface area contributed by atoms with Crippen molar-refractivity contribution >= 4 is 17.1 Å². The van der Waals surface area contributed by atoms with Crippen LogP contribution in [0.5, 0.6) is 0 Å². The van der Waals surface area contributed by atoms with E-state index in [2.05, 4.69) is 20.3 Å². The number of aliphatic hydroxyl groups excluding tert-OH is 1. The van der Waals surface area contributed by atoms with Gasteiger partial charge in [-0.15, -0.1) is 0 Å². The molecule has 0 saturated heterocycles. The van der Waals surface area contributed by atoms with E-state index in [1.54, 1.807) is 10.9 Å². The molecule has 0 radical (unpaired) electrons. The summed E-state index contributed by atoms with van der Waals surface area (Å²) >= 11 is 0. The molecule has 2 heterocycles. The van der Waals surface area contributed by atoms with Gasteiger partial charge in [0.15, 0.2) is 0 Å². The van der Waals surface area contributed by atoms with E-state index < -0.39 is 0 Å². The highest BCUT2D eigenvalue weighted by Gasteiger charge is 2.15. The summed E-state index contributed by atoms with van der Waals surface area (Å²) in [5.41, 5.74) is 6.10. The first kappa shape index (κ1) is 11.6. The molecule has 92 valence electrons. The zero-order valence-corrected chi connectivity index (χ0v) is 9.23. The number of rotatable bonds is 5. The molecule has 17 heavy (non-hydrogen) atoms. The highest BCUT2D eigenvalue weighted by atomic mass is 16.3. The number of aromatic amines is 2. The van der Waals surface area contributed by atoms with Crippen molar-refractivity contribution in [2.45, 2.75) is 6.54 Å². The van der Waals surface area contributed by atoms with Gasteiger partial charge in [-0.25, -0.2) is 9.55 Å². The summed E-state index contributed by atoms with van der Waals surface area (Å²) in [4.78, 5) is 21.0. The summed E-state index contributed by atoms with van der Waals surface area (Å²) in [6, 6.07) is 0. The highest BCUT2D eigenvalue weighted by molar-refractivity contribution is 5.65. The average molecular weight is 239 g/mol. The number of aromatic nitrogens is 4. The molecule has 2 aromatic heterocycles. The number of anilines is 1. The molecule has 0 bridgehead atoms. The van der Waals surface area contributed by atoms with E-state index in [9.17, 15) is 4.79 Å². The molecule has 0 amide bonds. The van der Waals surface area contributed by atoms with E-state index in [1.807, 2.05) is 0 Å². The van der Waals surface area contributed by atoms with Crippen LogP contribution in [-0.4, -0.2) is 39.8 Å². The summed E-state index contributed by atoms with van der Waals surface area (Å²) in [6.45, 7) is 1.89. The van der Waals surface area contributed by atoms with Crippen molar-refractivity contribution in [1.29, 1.82) is 0 Å². The van der Waals surface area contributed by atoms with Gasteiger partial charge in [0.25, 0.3) is 11.2 Å². The Morgan fingerprint density at radius 3 is 3.12 bits per heavy atom. The number of H-pyrrole nitrogens is 2. The molecule has 0 aromatic carbocycles. The van der Waals surface area contributed by atoms with E-state index in [1.165, 1.54) is 0 Å². The summed E-state index contributed by atoms with van der Waals surface area (Å²) in [5, 5.41) is 11.6. The molecule has 0 spiro atoms. The Morgan fingerprint density at radius 2 is 2.35 bits per heavy atom. The van der Waals surface area contributed by atoms with Crippen LogP contribution < -0.4 is 21.2 Å². The Bertz CT molecular complexity index is 560. The van der Waals surface area contributed by atoms with Crippen LogP contribution in [0.25, 0.3) is 11.2 Å². The summed E-state index contributed by atoms with van der Waals surface area (Å²) in [5.74, 6) is 0.0925. The Morgan fingerprint density at radius 1 is 1.53 bits per heavy atom. The van der Waals surface area contributed by atoms with Crippen LogP contribution in [0.2, 0.25) is 0 Å². The van der Waals surface area contributed by atoms with E-state index in [4.69, 9.17) is 10.8 Å². The normalized spacial score (nSPS) is 11.1. The van der Waals surface area contributed by atoms with Gasteiger partial charge in [-0.2, -0.15) is 4.98 Å². The highest BCUT2D eigenvalue weighted by Crippen LogP contribution is 1.98. The average Bonchev–Trinajstić information content (AvgIpc) is 2.68. The first-order valence-electron chi connectivity index (χ1n) is 5.30. The smallest absolute Gasteiger partial charge is 0.304 e. The number of nitrogen functional groups attached to an aromatic ring is 1.